The molecule has 200 valence electrons. The van der Waals surface area contributed by atoms with Crippen molar-refractivity contribution >= 4 is 34.6 Å². The van der Waals surface area contributed by atoms with Crippen molar-refractivity contribution in [2.75, 3.05) is 23.3 Å². The van der Waals surface area contributed by atoms with Crippen LogP contribution in [0.15, 0.2) is 65.7 Å². The molecule has 2 atom stereocenters. The first-order valence-corrected chi connectivity index (χ1v) is 13.2. The number of nitrogens with one attached hydrogen (secondary N) is 1. The van der Waals surface area contributed by atoms with Crippen LogP contribution in [-0.2, 0) is 11.2 Å². The molecule has 6 heterocycles. The van der Waals surface area contributed by atoms with Gasteiger partial charge in [-0.05, 0) is 60.6 Å². The van der Waals surface area contributed by atoms with Gasteiger partial charge in [0.15, 0.2) is 11.6 Å². The smallest absolute Gasteiger partial charge is 0.246 e. The van der Waals surface area contributed by atoms with Crippen molar-refractivity contribution in [3.05, 3.63) is 83.6 Å². The van der Waals surface area contributed by atoms with Crippen molar-refractivity contribution in [2.24, 2.45) is 10.9 Å². The lowest BCUT2D eigenvalue weighted by atomic mass is 10.0. The summed E-state index contributed by atoms with van der Waals surface area (Å²) in [6.45, 7) is 8.43. The normalized spacial score (nSPS) is 20.4. The molecule has 40 heavy (non-hydrogen) atoms. The number of hydrogen-bond acceptors (Lipinski definition) is 8. The highest BCUT2D eigenvalue weighted by Crippen LogP contribution is 2.38. The Labute approximate surface area is 228 Å². The Bertz CT molecular complexity index is 1710. The van der Waals surface area contributed by atoms with Crippen LogP contribution < -0.4 is 10.2 Å². The van der Waals surface area contributed by atoms with Gasteiger partial charge >= 0.3 is 0 Å². The molecule has 0 amide bonds. The summed E-state index contributed by atoms with van der Waals surface area (Å²) in [5, 5.41) is 12.5. The Morgan fingerprint density at radius 2 is 2.12 bits per heavy atom. The molecule has 1 saturated carbocycles. The van der Waals surface area contributed by atoms with Crippen LogP contribution in [0.3, 0.4) is 0 Å². The number of aliphatic imine (C=N–C) groups is 1. The number of carbonyl (C=O) groups excluding carboxylic acids is 1. The monoisotopic (exact) mass is 536 g/mol. The fraction of sp³-hybridized carbons (Fsp3) is 0.321. The minimum absolute atomic E-state index is 0.0589. The number of rotatable bonds is 7. The molecule has 4 aromatic heterocycles. The minimum Gasteiger partial charge on any atom is -0.327 e. The Balaban J connectivity index is 1.22. The molecule has 7 rings (SSSR count). The number of carbonyl (C=O) groups is 1. The second-order valence-electron chi connectivity index (χ2n) is 10.4. The number of halogens is 1. The average Bonchev–Trinajstić information content (AvgIpc) is 3.39. The van der Waals surface area contributed by atoms with Gasteiger partial charge in [0.2, 0.25) is 17.6 Å². The maximum Gasteiger partial charge on any atom is 0.246 e. The average molecular weight is 537 g/mol. The number of fused-ring (bicyclic) bond motifs is 1. The summed E-state index contributed by atoms with van der Waals surface area (Å²) in [4.78, 5) is 32.3. The highest BCUT2D eigenvalue weighted by molar-refractivity contribution is 6.07. The molecule has 1 N–H and O–H groups in total. The number of anilines is 2. The van der Waals surface area contributed by atoms with Crippen LogP contribution >= 0.6 is 0 Å². The number of Topliss-reactive ketones (excluding diaryl/α,β-unsaturated/α-hetero) is 1. The van der Waals surface area contributed by atoms with Crippen LogP contribution in [0.1, 0.15) is 30.9 Å². The molecule has 1 aliphatic carbocycles. The molecule has 0 unspecified atom stereocenters. The molecule has 0 aromatic carbocycles. The van der Waals surface area contributed by atoms with Crippen LogP contribution in [0.2, 0.25) is 0 Å². The standard InChI is InChI=1S/C28H25FN10O/c1-30-20-14-33-39(15-20)21-11-23(24(40)9-17-4-7-25(29)31-12-17)37(16-21)28-35-27(22-3-2-8-38(22)36-28)34-26-10-19(13-32-26)18-5-6-18/h2-4,7-8,10,12,14-15,18,21,23H,5-6,9,11,13,16H2,(H,32,34,35,36)/t21-,23-/m0/s1. The Hall–Kier alpha value is -4.92. The summed E-state index contributed by atoms with van der Waals surface area (Å²) in [5.41, 5.74) is 3.21. The van der Waals surface area contributed by atoms with Gasteiger partial charge in [0.1, 0.15) is 11.4 Å². The zero-order chi connectivity index (χ0) is 27.2. The molecule has 4 aromatic rings. The quantitative estimate of drug-likeness (QED) is 0.283. The van der Waals surface area contributed by atoms with Crippen molar-refractivity contribution in [1.82, 2.24) is 29.4 Å². The maximum absolute atomic E-state index is 13.7. The van der Waals surface area contributed by atoms with Gasteiger partial charge in [-0.1, -0.05) is 6.07 Å². The first-order valence-electron chi connectivity index (χ1n) is 13.2. The van der Waals surface area contributed by atoms with E-state index in [1.807, 2.05) is 23.2 Å². The number of nitrogens with zero attached hydrogens (tertiary/aromatic N) is 9. The molecule has 3 aliphatic rings. The SMILES string of the molecule is [C-]#[N+]c1cnn([C@H]2C[C@@H](C(=O)Cc3ccc(F)nc3)N(c3nc(NC4=NCC(C5CC5)=C4)c4cccn4n3)C2)c1. The van der Waals surface area contributed by atoms with E-state index in [1.165, 1.54) is 36.9 Å². The van der Waals surface area contributed by atoms with Crippen LogP contribution in [0.5, 0.6) is 0 Å². The third-order valence-electron chi connectivity index (χ3n) is 7.65. The van der Waals surface area contributed by atoms with E-state index in [0.717, 1.165) is 11.4 Å². The Morgan fingerprint density at radius 3 is 2.90 bits per heavy atom. The van der Waals surface area contributed by atoms with Crippen molar-refractivity contribution in [2.45, 2.75) is 37.8 Å². The van der Waals surface area contributed by atoms with E-state index >= 15 is 0 Å². The molecule has 2 fully saturated rings. The van der Waals surface area contributed by atoms with Crippen LogP contribution in [0.4, 0.5) is 21.8 Å². The molecule has 2 aliphatic heterocycles. The van der Waals surface area contributed by atoms with Gasteiger partial charge in [0.25, 0.3) is 0 Å². The number of amidine groups is 1. The predicted molar refractivity (Wildman–Crippen MR) is 146 cm³/mol. The Kier molecular flexibility index (Phi) is 5.84. The number of hydrogen-bond donors (Lipinski definition) is 1. The van der Waals surface area contributed by atoms with Crippen LogP contribution in [0.25, 0.3) is 10.4 Å². The molecule has 0 spiro atoms. The number of pyridine rings is 1. The third-order valence-corrected chi connectivity index (χ3v) is 7.65. The van der Waals surface area contributed by atoms with Gasteiger partial charge in [0.05, 0.1) is 31.4 Å². The van der Waals surface area contributed by atoms with Crippen LogP contribution in [-0.4, -0.2) is 60.1 Å². The van der Waals surface area contributed by atoms with Crippen molar-refractivity contribution < 1.29 is 9.18 Å². The van der Waals surface area contributed by atoms with Gasteiger partial charge in [-0.15, -0.1) is 5.10 Å². The third kappa shape index (κ3) is 4.59. The molecule has 0 bridgehead atoms. The highest BCUT2D eigenvalue weighted by Gasteiger charge is 2.40. The van der Waals surface area contributed by atoms with Crippen molar-refractivity contribution in [3.63, 3.8) is 0 Å². The largest absolute Gasteiger partial charge is 0.327 e. The topological polar surface area (TPSA) is 110 Å². The summed E-state index contributed by atoms with van der Waals surface area (Å²) >= 11 is 0. The summed E-state index contributed by atoms with van der Waals surface area (Å²) in [7, 11) is 0. The second kappa shape index (κ2) is 9.68. The maximum atomic E-state index is 13.7. The zero-order valence-corrected chi connectivity index (χ0v) is 21.5. The lowest BCUT2D eigenvalue weighted by molar-refractivity contribution is -0.119. The second-order valence-corrected chi connectivity index (χ2v) is 10.4. The highest BCUT2D eigenvalue weighted by atomic mass is 19.1. The first kappa shape index (κ1) is 24.1. The summed E-state index contributed by atoms with van der Waals surface area (Å²) in [5.74, 6) is 1.77. The van der Waals surface area contributed by atoms with E-state index in [2.05, 4.69) is 31.3 Å². The zero-order valence-electron chi connectivity index (χ0n) is 21.5. The summed E-state index contributed by atoms with van der Waals surface area (Å²) < 4.78 is 16.8. The molecule has 1 saturated heterocycles. The number of ketones is 1. The van der Waals surface area contributed by atoms with Gasteiger partial charge in [0, 0.05) is 31.6 Å². The van der Waals surface area contributed by atoms with E-state index in [0.29, 0.717) is 48.4 Å². The molecule has 0 radical (unpaired) electrons. The predicted octanol–water partition coefficient (Wildman–Crippen LogP) is 3.80. The van der Waals surface area contributed by atoms with Gasteiger partial charge in [-0.25, -0.2) is 14.3 Å². The molecular weight excluding hydrogens is 511 g/mol. The molecule has 12 heteroatoms. The van der Waals surface area contributed by atoms with E-state index in [1.54, 1.807) is 21.5 Å². The Morgan fingerprint density at radius 1 is 1.23 bits per heavy atom. The molecule has 11 nitrogen and oxygen atoms in total. The minimum atomic E-state index is -0.590. The fourth-order valence-electron chi connectivity index (χ4n) is 5.43. The van der Waals surface area contributed by atoms with Gasteiger partial charge < -0.3 is 10.2 Å². The van der Waals surface area contributed by atoms with Crippen LogP contribution in [0, 0.1) is 18.4 Å². The van der Waals surface area contributed by atoms with E-state index in [-0.39, 0.29) is 18.2 Å². The van der Waals surface area contributed by atoms with Gasteiger partial charge in [-0.3, -0.25) is 14.5 Å². The van der Waals surface area contributed by atoms with E-state index in [9.17, 15) is 9.18 Å². The van der Waals surface area contributed by atoms with Crippen molar-refractivity contribution in [1.29, 1.82) is 0 Å². The first-order chi connectivity index (χ1) is 19.5. The lowest BCUT2D eigenvalue weighted by Crippen LogP contribution is -2.38. The van der Waals surface area contributed by atoms with Gasteiger partial charge in [-0.2, -0.15) is 14.5 Å². The fourth-order valence-corrected chi connectivity index (χ4v) is 5.43. The lowest BCUT2D eigenvalue weighted by Gasteiger charge is -2.24. The molecular formula is C28H25FN10O. The van der Waals surface area contributed by atoms with E-state index < -0.39 is 12.0 Å². The summed E-state index contributed by atoms with van der Waals surface area (Å²) in [6.07, 6.45) is 11.6. The number of aromatic nitrogens is 6. The van der Waals surface area contributed by atoms with E-state index in [4.69, 9.17) is 16.7 Å². The summed E-state index contributed by atoms with van der Waals surface area (Å²) in [6, 6.07) is 5.93. The van der Waals surface area contributed by atoms with Crippen molar-refractivity contribution in [3.8, 4) is 0 Å².